The van der Waals surface area contributed by atoms with E-state index in [0.717, 1.165) is 119 Å². The van der Waals surface area contributed by atoms with Gasteiger partial charge in [0, 0.05) is 62.0 Å². The highest BCUT2D eigenvalue weighted by molar-refractivity contribution is 6.10. The molecular weight excluding hydrogens is 859 g/mol. The number of alkyl halides is 2. The van der Waals surface area contributed by atoms with Crippen molar-refractivity contribution in [3.63, 3.8) is 0 Å². The Hall–Kier alpha value is -5.85. The molecule has 5 aliphatic heterocycles. The van der Waals surface area contributed by atoms with Crippen molar-refractivity contribution in [2.75, 3.05) is 62.6 Å². The van der Waals surface area contributed by atoms with E-state index in [9.17, 15) is 23.2 Å². The Morgan fingerprint density at radius 1 is 0.985 bits per heavy atom. The summed E-state index contributed by atoms with van der Waals surface area (Å²) in [6.45, 7) is 8.03. The number of piperidine rings is 2. The lowest BCUT2D eigenvalue weighted by Crippen LogP contribution is -2.60. The molecule has 1 saturated carbocycles. The van der Waals surface area contributed by atoms with Crippen LogP contribution in [-0.4, -0.2) is 126 Å². The highest BCUT2D eigenvalue weighted by atomic mass is 19.3. The fourth-order valence-corrected chi connectivity index (χ4v) is 12.4. The van der Waals surface area contributed by atoms with E-state index < -0.39 is 24.1 Å². The summed E-state index contributed by atoms with van der Waals surface area (Å²) in [4.78, 5) is 55.4. The van der Waals surface area contributed by atoms with E-state index in [0.29, 0.717) is 36.4 Å². The Kier molecular flexibility index (Phi) is 10.8. The van der Waals surface area contributed by atoms with Crippen molar-refractivity contribution >= 4 is 56.8 Å². The highest BCUT2D eigenvalue weighted by Crippen LogP contribution is 2.43. The lowest BCUT2D eigenvalue weighted by Gasteiger charge is -2.54. The molecule has 12 rings (SSSR count). The Bertz CT molecular complexity index is 2870. The summed E-state index contributed by atoms with van der Waals surface area (Å²) in [5, 5.41) is 16.1. The van der Waals surface area contributed by atoms with E-state index in [-0.39, 0.29) is 41.3 Å². The zero-order chi connectivity index (χ0) is 45.4. The Morgan fingerprint density at radius 2 is 1.84 bits per heavy atom. The summed E-state index contributed by atoms with van der Waals surface area (Å²) in [6.07, 6.45) is 13.8. The van der Waals surface area contributed by atoms with Crippen LogP contribution in [0, 0.1) is 11.3 Å². The average Bonchev–Trinajstić information content (AvgIpc) is 4.18. The maximum atomic E-state index is 14.4. The van der Waals surface area contributed by atoms with Crippen LogP contribution >= 0.6 is 0 Å². The van der Waals surface area contributed by atoms with Gasteiger partial charge in [0.2, 0.25) is 11.8 Å². The number of pyridine rings is 1. The molecule has 6 aromatic rings. The van der Waals surface area contributed by atoms with Gasteiger partial charge in [0.25, 0.3) is 12.3 Å². The first-order valence-corrected chi connectivity index (χ1v) is 24.2. The number of hydrogen-bond donors (Lipinski definition) is 2. The first-order chi connectivity index (χ1) is 32.6. The van der Waals surface area contributed by atoms with E-state index in [1.807, 2.05) is 16.7 Å². The molecule has 2 bridgehead atoms. The molecule has 1 spiro atoms. The molecule has 67 heavy (non-hydrogen) atoms. The van der Waals surface area contributed by atoms with Crippen LogP contribution in [-0.2, 0) is 20.7 Å². The number of hydrogen-bond acceptors (Lipinski definition) is 11. The lowest BCUT2D eigenvalue weighted by atomic mass is 9.71. The molecule has 5 saturated heterocycles. The second kappa shape index (κ2) is 17.0. The van der Waals surface area contributed by atoms with Gasteiger partial charge in [-0.1, -0.05) is 12.1 Å². The van der Waals surface area contributed by atoms with Gasteiger partial charge in [-0.25, -0.2) is 23.3 Å². The largest absolute Gasteiger partial charge is 0.374 e. The minimum absolute atomic E-state index is 0.00545. The number of nitrogens with one attached hydrogen (secondary N) is 2. The number of aromatic nitrogens is 7. The molecule has 16 nitrogen and oxygen atoms in total. The number of amides is 3. The molecule has 3 atom stereocenters. The minimum Gasteiger partial charge on any atom is -0.374 e. The number of fused-ring (bicyclic) bond motifs is 6. The Labute approximate surface area is 386 Å². The quantitative estimate of drug-likeness (QED) is 0.132. The zero-order valence-electron chi connectivity index (χ0n) is 37.5. The van der Waals surface area contributed by atoms with Gasteiger partial charge in [-0.2, -0.15) is 10.2 Å². The number of likely N-dealkylation sites (tertiary alicyclic amines) is 2. The molecule has 18 heteroatoms. The van der Waals surface area contributed by atoms with Gasteiger partial charge in [0.1, 0.15) is 23.1 Å². The van der Waals surface area contributed by atoms with Crippen molar-refractivity contribution in [3.05, 3.63) is 78.0 Å². The van der Waals surface area contributed by atoms with Crippen LogP contribution in [0.25, 0.3) is 27.6 Å². The predicted molar refractivity (Wildman–Crippen MR) is 246 cm³/mol. The summed E-state index contributed by atoms with van der Waals surface area (Å²) in [6, 6.07) is 12.1. The van der Waals surface area contributed by atoms with Crippen LogP contribution < -0.4 is 15.5 Å². The molecule has 1 unspecified atom stereocenters. The lowest BCUT2D eigenvalue weighted by molar-refractivity contribution is -0.135. The summed E-state index contributed by atoms with van der Waals surface area (Å²) in [7, 11) is 0. The van der Waals surface area contributed by atoms with E-state index in [1.54, 1.807) is 23.3 Å². The third kappa shape index (κ3) is 7.83. The van der Waals surface area contributed by atoms with Gasteiger partial charge in [0.15, 0.2) is 11.3 Å². The number of nitrogens with zero attached hydrogens (tertiary/aromatic N) is 10. The third-order valence-corrected chi connectivity index (χ3v) is 15.9. The molecule has 1 aromatic carbocycles. The fraction of sp³-hybridized carbons (Fsp3) is 0.531. The van der Waals surface area contributed by atoms with Crippen LogP contribution in [0.1, 0.15) is 104 Å². The number of aryl methyl sites for hydroxylation is 1. The van der Waals surface area contributed by atoms with Crippen molar-refractivity contribution in [2.45, 2.75) is 101 Å². The molecule has 10 heterocycles. The van der Waals surface area contributed by atoms with Crippen LogP contribution in [0.4, 0.5) is 20.3 Å². The molecule has 350 valence electrons. The maximum absolute atomic E-state index is 14.4. The van der Waals surface area contributed by atoms with Gasteiger partial charge < -0.3 is 29.3 Å². The molecular formula is C49H56F2N12O4. The molecule has 6 fully saturated rings. The van der Waals surface area contributed by atoms with E-state index >= 15 is 0 Å². The zero-order valence-corrected chi connectivity index (χ0v) is 37.5. The van der Waals surface area contributed by atoms with Crippen molar-refractivity contribution in [1.29, 1.82) is 0 Å². The minimum atomic E-state index is -2.84. The summed E-state index contributed by atoms with van der Waals surface area (Å²) in [5.41, 5.74) is 3.63. The van der Waals surface area contributed by atoms with Crippen LogP contribution in [0.15, 0.2) is 61.2 Å². The van der Waals surface area contributed by atoms with Crippen molar-refractivity contribution in [1.82, 2.24) is 49.0 Å². The topological polar surface area (TPSA) is 160 Å². The number of carbonyl (C=O) groups excluding carboxylic acids is 3. The normalized spacial score (nSPS) is 25.5. The molecule has 0 radical (unpaired) electrons. The molecule has 5 aromatic heterocycles. The monoisotopic (exact) mass is 914 g/mol. The van der Waals surface area contributed by atoms with Crippen LogP contribution in [0.3, 0.4) is 0 Å². The SMILES string of the molecule is O=C1CCC(n2c3cccc(CCCN4CC5(CCN(CC6CCC(n7cc(NC(=O)c8cnn9ccc(N%10C[C@H]%11C[C@@H]%10CO%11)nc89)c(C(F)F)n7)CC6)CC5)C4)c3c3cccnc32)C(=O)N1. The number of benzene rings is 1. The molecule has 3 amide bonds. The van der Waals surface area contributed by atoms with Gasteiger partial charge in [-0.3, -0.25) is 24.4 Å². The van der Waals surface area contributed by atoms with Gasteiger partial charge in [-0.15, -0.1) is 0 Å². The standard InChI is InChI=1S/C49H56F2N12O4/c50-44(51)43-37(54-47(65)36-23-53-61-19-14-40(55-46(36)61)60-25-34-22-33(60)27-67-34)26-62(57-43)32-10-8-30(9-11-32)24-58-20-15-49(16-21-58)28-59(29-49)18-3-5-31-4-1-7-38-42(31)35-6-2-17-52-45(35)63(38)39-12-13-41(64)56-48(39)66/h1-2,4,6-7,14,17,19,23,26,30,32-34,39,44H,3,5,8-13,15-16,18,20-22,24-25,27-29H2,(H,54,65)(H,56,64,66)/t30?,32?,33-,34-,39?/m1/s1. The van der Waals surface area contributed by atoms with E-state index in [4.69, 9.17) is 14.7 Å². The van der Waals surface area contributed by atoms with Crippen molar-refractivity contribution in [3.8, 4) is 0 Å². The Morgan fingerprint density at radius 3 is 2.61 bits per heavy atom. The van der Waals surface area contributed by atoms with Crippen LogP contribution in [0.2, 0.25) is 0 Å². The second-order valence-corrected chi connectivity index (χ2v) is 20.1. The first-order valence-electron chi connectivity index (χ1n) is 24.2. The highest BCUT2D eigenvalue weighted by Gasteiger charge is 2.45. The molecule has 6 aliphatic rings. The van der Waals surface area contributed by atoms with Crippen molar-refractivity contribution in [2.24, 2.45) is 11.3 Å². The number of imide groups is 1. The average molecular weight is 915 g/mol. The van der Waals surface area contributed by atoms with Gasteiger partial charge in [-0.05, 0) is 125 Å². The number of halogens is 2. The van der Waals surface area contributed by atoms with E-state index in [2.05, 4.69) is 59.8 Å². The number of ether oxygens (including phenoxy) is 1. The summed E-state index contributed by atoms with van der Waals surface area (Å²) in [5.74, 6) is 0.271. The fourth-order valence-electron chi connectivity index (χ4n) is 12.4. The molecule has 2 N–H and O–H groups in total. The number of morpholine rings is 1. The molecule has 1 aliphatic carbocycles. The summed E-state index contributed by atoms with van der Waals surface area (Å²) < 4.78 is 39.7. The maximum Gasteiger partial charge on any atom is 0.284 e. The second-order valence-electron chi connectivity index (χ2n) is 20.1. The van der Waals surface area contributed by atoms with Gasteiger partial charge in [0.05, 0.1) is 42.2 Å². The number of carbonyl (C=O) groups is 3. The third-order valence-electron chi connectivity index (χ3n) is 15.9. The van der Waals surface area contributed by atoms with Crippen LogP contribution in [0.5, 0.6) is 0 Å². The Balaban J connectivity index is 0.612. The smallest absolute Gasteiger partial charge is 0.284 e. The van der Waals surface area contributed by atoms with E-state index in [1.165, 1.54) is 29.1 Å². The summed E-state index contributed by atoms with van der Waals surface area (Å²) >= 11 is 0. The van der Waals surface area contributed by atoms with Crippen molar-refractivity contribution < 1.29 is 27.9 Å². The number of anilines is 2. The van der Waals surface area contributed by atoms with Gasteiger partial charge >= 0.3 is 0 Å². The number of rotatable bonds is 12. The first kappa shape index (κ1) is 42.5. The predicted octanol–water partition coefficient (Wildman–Crippen LogP) is 6.34.